The van der Waals surface area contributed by atoms with E-state index in [1.54, 1.807) is 19.5 Å². The van der Waals surface area contributed by atoms with E-state index in [9.17, 15) is 0 Å². The third-order valence-electron chi connectivity index (χ3n) is 3.09. The molecule has 1 fully saturated rings. The zero-order chi connectivity index (χ0) is 13.8. The third kappa shape index (κ3) is 3.45. The molecule has 3 rings (SSSR count). The maximum atomic E-state index is 5.68. The van der Waals surface area contributed by atoms with Crippen LogP contribution in [0.2, 0.25) is 0 Å². The second kappa shape index (κ2) is 5.88. The Kier molecular flexibility index (Phi) is 3.78. The number of aromatic nitrogens is 2. The number of hydrogen-bond acceptors (Lipinski definition) is 5. The Bertz CT molecular complexity index is 568. The Labute approximate surface area is 118 Å². The van der Waals surface area contributed by atoms with Crippen molar-refractivity contribution in [2.24, 2.45) is 0 Å². The van der Waals surface area contributed by atoms with Crippen molar-refractivity contribution in [3.8, 4) is 17.4 Å². The Morgan fingerprint density at radius 1 is 1.15 bits per heavy atom. The van der Waals surface area contributed by atoms with Crippen molar-refractivity contribution >= 4 is 0 Å². The maximum absolute atomic E-state index is 5.68. The minimum atomic E-state index is 0.505. The predicted octanol–water partition coefficient (Wildman–Crippen LogP) is 2.53. The molecule has 1 aliphatic carbocycles. The van der Waals surface area contributed by atoms with Crippen molar-refractivity contribution in [3.05, 3.63) is 42.4 Å². The summed E-state index contributed by atoms with van der Waals surface area (Å²) in [5.74, 6) is 2.02. The molecule has 0 unspecified atom stereocenters. The molecule has 0 amide bonds. The van der Waals surface area contributed by atoms with Crippen LogP contribution in [0.25, 0.3) is 0 Å². The van der Waals surface area contributed by atoms with E-state index in [0.717, 1.165) is 18.0 Å². The van der Waals surface area contributed by atoms with Crippen molar-refractivity contribution in [1.82, 2.24) is 15.3 Å². The van der Waals surface area contributed by atoms with Gasteiger partial charge < -0.3 is 14.8 Å². The van der Waals surface area contributed by atoms with E-state index in [1.807, 2.05) is 24.3 Å². The fourth-order valence-electron chi connectivity index (χ4n) is 1.82. The molecule has 0 aliphatic heterocycles. The minimum absolute atomic E-state index is 0.505. The number of hydrogen-bond donors (Lipinski definition) is 1. The lowest BCUT2D eigenvalue weighted by molar-refractivity contribution is 0.412. The first-order valence-electron chi connectivity index (χ1n) is 6.70. The first kappa shape index (κ1) is 12.9. The van der Waals surface area contributed by atoms with Crippen LogP contribution in [0.3, 0.4) is 0 Å². The van der Waals surface area contributed by atoms with Gasteiger partial charge in [-0.25, -0.2) is 4.98 Å². The lowest BCUT2D eigenvalue weighted by atomic mass is 10.3. The van der Waals surface area contributed by atoms with Gasteiger partial charge in [-0.2, -0.15) is 0 Å². The van der Waals surface area contributed by atoms with Gasteiger partial charge in [-0.1, -0.05) is 0 Å². The monoisotopic (exact) mass is 271 g/mol. The number of rotatable bonds is 6. The van der Waals surface area contributed by atoms with Crippen LogP contribution in [0.15, 0.2) is 36.7 Å². The average Bonchev–Trinajstić information content (AvgIpc) is 3.31. The van der Waals surface area contributed by atoms with Crippen molar-refractivity contribution in [2.75, 3.05) is 7.11 Å². The summed E-state index contributed by atoms with van der Waals surface area (Å²) < 4.78 is 10.8. The summed E-state index contributed by atoms with van der Waals surface area (Å²) in [5.41, 5.74) is 0.892. The van der Waals surface area contributed by atoms with Crippen LogP contribution in [-0.4, -0.2) is 23.1 Å². The van der Waals surface area contributed by atoms with E-state index < -0.39 is 0 Å². The van der Waals surface area contributed by atoms with Crippen LogP contribution < -0.4 is 14.8 Å². The van der Waals surface area contributed by atoms with Gasteiger partial charge in [-0.15, -0.1) is 0 Å². The lowest BCUT2D eigenvalue weighted by Crippen LogP contribution is -2.16. The minimum Gasteiger partial charge on any atom is -0.497 e. The van der Waals surface area contributed by atoms with Crippen LogP contribution in [-0.2, 0) is 6.54 Å². The van der Waals surface area contributed by atoms with E-state index in [1.165, 1.54) is 12.8 Å². The molecular weight excluding hydrogens is 254 g/mol. The molecule has 1 heterocycles. The molecule has 5 heteroatoms. The van der Waals surface area contributed by atoms with E-state index >= 15 is 0 Å². The maximum Gasteiger partial charge on any atom is 0.238 e. The van der Waals surface area contributed by atoms with Crippen molar-refractivity contribution in [1.29, 1.82) is 0 Å². The van der Waals surface area contributed by atoms with Gasteiger partial charge in [-0.3, -0.25) is 4.98 Å². The number of ether oxygens (including phenoxy) is 2. The Balaban J connectivity index is 1.64. The molecule has 0 saturated heterocycles. The van der Waals surface area contributed by atoms with Gasteiger partial charge in [0.2, 0.25) is 5.88 Å². The third-order valence-corrected chi connectivity index (χ3v) is 3.09. The molecule has 5 nitrogen and oxygen atoms in total. The van der Waals surface area contributed by atoms with Crippen LogP contribution in [0, 0.1) is 0 Å². The predicted molar refractivity (Wildman–Crippen MR) is 75.0 cm³/mol. The van der Waals surface area contributed by atoms with E-state index in [4.69, 9.17) is 9.47 Å². The summed E-state index contributed by atoms with van der Waals surface area (Å²) in [6, 6.07) is 8.04. The largest absolute Gasteiger partial charge is 0.497 e. The first-order chi connectivity index (χ1) is 9.83. The molecule has 1 aromatic carbocycles. The standard InChI is InChI=1S/C15H17N3O2/c1-19-13-4-6-14(7-5-13)20-15-10-16-8-12(18-15)9-17-11-2-3-11/h4-8,10-11,17H,2-3,9H2,1H3. The molecular formula is C15H17N3O2. The molecule has 0 bridgehead atoms. The highest BCUT2D eigenvalue weighted by molar-refractivity contribution is 5.33. The molecule has 2 aromatic rings. The highest BCUT2D eigenvalue weighted by atomic mass is 16.5. The molecule has 1 aliphatic rings. The molecule has 1 N–H and O–H groups in total. The van der Waals surface area contributed by atoms with E-state index in [0.29, 0.717) is 17.7 Å². The molecule has 20 heavy (non-hydrogen) atoms. The number of nitrogens with one attached hydrogen (secondary N) is 1. The molecule has 0 radical (unpaired) electrons. The summed E-state index contributed by atoms with van der Waals surface area (Å²) >= 11 is 0. The second-order valence-corrected chi connectivity index (χ2v) is 4.78. The smallest absolute Gasteiger partial charge is 0.238 e. The Morgan fingerprint density at radius 3 is 2.60 bits per heavy atom. The molecule has 1 aromatic heterocycles. The van der Waals surface area contributed by atoms with Crippen molar-refractivity contribution < 1.29 is 9.47 Å². The van der Waals surface area contributed by atoms with E-state index in [-0.39, 0.29) is 0 Å². The normalized spacial score (nSPS) is 14.1. The Morgan fingerprint density at radius 2 is 1.90 bits per heavy atom. The fraction of sp³-hybridized carbons (Fsp3) is 0.333. The second-order valence-electron chi connectivity index (χ2n) is 4.78. The van der Waals surface area contributed by atoms with Crippen LogP contribution >= 0.6 is 0 Å². The molecule has 104 valence electrons. The highest BCUT2D eigenvalue weighted by Crippen LogP contribution is 2.22. The number of benzene rings is 1. The van der Waals surface area contributed by atoms with Gasteiger partial charge in [0.15, 0.2) is 0 Å². The number of methoxy groups -OCH3 is 1. The van der Waals surface area contributed by atoms with Crippen LogP contribution in [0.1, 0.15) is 18.5 Å². The summed E-state index contributed by atoms with van der Waals surface area (Å²) in [4.78, 5) is 8.59. The van der Waals surface area contributed by atoms with Gasteiger partial charge in [0.25, 0.3) is 0 Å². The summed E-state index contributed by atoms with van der Waals surface area (Å²) in [6.07, 6.45) is 5.89. The fourth-order valence-corrected chi connectivity index (χ4v) is 1.82. The van der Waals surface area contributed by atoms with Crippen LogP contribution in [0.5, 0.6) is 17.4 Å². The topological polar surface area (TPSA) is 56.3 Å². The highest BCUT2D eigenvalue weighted by Gasteiger charge is 2.20. The Hall–Kier alpha value is -2.14. The average molecular weight is 271 g/mol. The van der Waals surface area contributed by atoms with Crippen molar-refractivity contribution in [3.63, 3.8) is 0 Å². The zero-order valence-electron chi connectivity index (χ0n) is 11.4. The van der Waals surface area contributed by atoms with Crippen LogP contribution in [0.4, 0.5) is 0 Å². The van der Waals surface area contributed by atoms with Gasteiger partial charge in [0, 0.05) is 18.8 Å². The number of nitrogens with zero attached hydrogens (tertiary/aromatic N) is 2. The van der Waals surface area contributed by atoms with Gasteiger partial charge in [0.05, 0.1) is 19.0 Å². The zero-order valence-corrected chi connectivity index (χ0v) is 11.4. The quantitative estimate of drug-likeness (QED) is 0.875. The SMILES string of the molecule is COc1ccc(Oc2cncc(CNC3CC3)n2)cc1. The molecule has 0 atom stereocenters. The summed E-state index contributed by atoms with van der Waals surface area (Å²) in [7, 11) is 1.64. The lowest BCUT2D eigenvalue weighted by Gasteiger charge is -2.07. The first-order valence-corrected chi connectivity index (χ1v) is 6.70. The van der Waals surface area contributed by atoms with Gasteiger partial charge in [0.1, 0.15) is 11.5 Å². The molecule has 1 saturated carbocycles. The van der Waals surface area contributed by atoms with E-state index in [2.05, 4.69) is 15.3 Å². The molecule has 0 spiro atoms. The summed E-state index contributed by atoms with van der Waals surface area (Å²) in [6.45, 7) is 0.734. The van der Waals surface area contributed by atoms with Gasteiger partial charge in [-0.05, 0) is 37.1 Å². The van der Waals surface area contributed by atoms with Crippen molar-refractivity contribution in [2.45, 2.75) is 25.4 Å². The summed E-state index contributed by atoms with van der Waals surface area (Å²) in [5, 5.41) is 3.40. The van der Waals surface area contributed by atoms with Gasteiger partial charge >= 0.3 is 0 Å².